The van der Waals surface area contributed by atoms with Crippen LogP contribution < -0.4 is 0 Å². The fraction of sp³-hybridized carbons (Fsp3) is 0.143. The average Bonchev–Trinajstić information content (AvgIpc) is 2.57. The summed E-state index contributed by atoms with van der Waals surface area (Å²) in [4.78, 5) is 1.34. The molecule has 0 spiro atoms. The molecule has 0 aliphatic carbocycles. The van der Waals surface area contributed by atoms with E-state index in [0.717, 1.165) is 0 Å². The molecule has 1 aromatic heterocycles. The third-order valence-electron chi connectivity index (χ3n) is 2.56. The molecule has 0 aliphatic heterocycles. The van der Waals surface area contributed by atoms with Gasteiger partial charge in [0.1, 0.15) is 0 Å². The Kier molecular flexibility index (Phi) is 2.74. The first-order valence-corrected chi connectivity index (χ1v) is 5.83. The lowest BCUT2D eigenvalue weighted by Gasteiger charge is -1.93. The Labute approximate surface area is 94.6 Å². The van der Waals surface area contributed by atoms with E-state index in [1.165, 1.54) is 26.1 Å². The zero-order chi connectivity index (χ0) is 10.8. The van der Waals surface area contributed by atoms with Gasteiger partial charge in [0, 0.05) is 9.58 Å². The second-order valence-corrected chi connectivity index (χ2v) is 4.76. The predicted octanol–water partition coefficient (Wildman–Crippen LogP) is 4.80. The Hall–Kier alpha value is -1.34. The molecule has 0 nitrogen and oxygen atoms in total. The molecule has 1 heteroatoms. The molecule has 0 N–H and O–H groups in total. The summed E-state index contributed by atoms with van der Waals surface area (Å²) in [5.41, 5.74) is 2.58. The van der Waals surface area contributed by atoms with Crippen LogP contribution in [0.15, 0.2) is 42.5 Å². The van der Waals surface area contributed by atoms with E-state index in [2.05, 4.69) is 50.8 Å². The van der Waals surface area contributed by atoms with E-state index < -0.39 is 0 Å². The molecule has 0 unspecified atom stereocenters. The number of aryl methyl sites for hydroxylation is 1. The molecule has 2 aromatic rings. The lowest BCUT2D eigenvalue weighted by molar-refractivity contribution is 1.53. The first-order chi connectivity index (χ1) is 7.22. The van der Waals surface area contributed by atoms with Gasteiger partial charge in [-0.15, -0.1) is 11.3 Å². The van der Waals surface area contributed by atoms with Crippen LogP contribution in [0.5, 0.6) is 0 Å². The van der Waals surface area contributed by atoms with Gasteiger partial charge in [-0.2, -0.15) is 0 Å². The fourth-order valence-electron chi connectivity index (χ4n) is 1.60. The molecule has 76 valence electrons. The van der Waals surface area contributed by atoms with Crippen molar-refractivity contribution in [1.29, 1.82) is 0 Å². The first kappa shape index (κ1) is 10.2. The lowest BCUT2D eigenvalue weighted by atomic mass is 10.1. The van der Waals surface area contributed by atoms with Crippen LogP contribution in [-0.2, 0) is 0 Å². The van der Waals surface area contributed by atoms with Crippen LogP contribution in [0.3, 0.4) is 0 Å². The second kappa shape index (κ2) is 4.03. The van der Waals surface area contributed by atoms with E-state index in [-0.39, 0.29) is 0 Å². The molecule has 0 saturated heterocycles. The average molecular weight is 214 g/mol. The highest BCUT2D eigenvalue weighted by atomic mass is 32.1. The summed E-state index contributed by atoms with van der Waals surface area (Å²) in [5.74, 6) is 0. The Morgan fingerprint density at radius 1 is 1.33 bits per heavy atom. The maximum absolute atomic E-state index is 3.78. The quantitative estimate of drug-likeness (QED) is 0.630. The fourth-order valence-corrected chi connectivity index (χ4v) is 2.82. The number of hydrogen-bond donors (Lipinski definition) is 0. The third kappa shape index (κ3) is 1.88. The van der Waals surface area contributed by atoms with Crippen molar-refractivity contribution in [2.45, 2.75) is 13.8 Å². The molecular weight excluding hydrogens is 200 g/mol. The number of hydrogen-bond acceptors (Lipinski definition) is 1. The van der Waals surface area contributed by atoms with Crippen LogP contribution in [0.4, 0.5) is 0 Å². The number of thiophene rings is 1. The largest absolute Gasteiger partial charge is 0.136 e. The van der Waals surface area contributed by atoms with Crippen LogP contribution >= 0.6 is 11.3 Å². The number of fused-ring (bicyclic) bond motifs is 1. The standard InChI is InChI=1S/C14H14S/c1-4-10(2)9-14-11(3)12-7-5-6-8-13(12)15-14/h4-9H,1H2,2-3H3/b10-9-. The van der Waals surface area contributed by atoms with Gasteiger partial charge in [-0.05, 0) is 36.9 Å². The Balaban J connectivity index is 2.63. The highest BCUT2D eigenvalue weighted by Gasteiger charge is 2.04. The number of allylic oxidation sites excluding steroid dienone is 2. The molecule has 0 radical (unpaired) electrons. The summed E-state index contributed by atoms with van der Waals surface area (Å²) in [6.45, 7) is 8.04. The Morgan fingerprint density at radius 3 is 2.73 bits per heavy atom. The maximum atomic E-state index is 3.78. The monoisotopic (exact) mass is 214 g/mol. The molecule has 0 amide bonds. The molecule has 0 atom stereocenters. The molecule has 0 bridgehead atoms. The number of rotatable bonds is 2. The van der Waals surface area contributed by atoms with E-state index in [4.69, 9.17) is 0 Å². The summed E-state index contributed by atoms with van der Waals surface area (Å²) in [6.07, 6.45) is 4.09. The zero-order valence-electron chi connectivity index (χ0n) is 9.08. The van der Waals surface area contributed by atoms with Gasteiger partial charge in [0.15, 0.2) is 0 Å². The predicted molar refractivity (Wildman–Crippen MR) is 70.4 cm³/mol. The van der Waals surface area contributed by atoms with Crippen LogP contribution in [0.2, 0.25) is 0 Å². The maximum Gasteiger partial charge on any atom is 0.0351 e. The normalized spacial score (nSPS) is 12.0. The van der Waals surface area contributed by atoms with E-state index in [1.807, 2.05) is 17.4 Å². The molecule has 2 rings (SSSR count). The molecule has 15 heavy (non-hydrogen) atoms. The van der Waals surface area contributed by atoms with Gasteiger partial charge in [-0.1, -0.05) is 36.4 Å². The van der Waals surface area contributed by atoms with E-state index in [9.17, 15) is 0 Å². The molecule has 1 aromatic carbocycles. The van der Waals surface area contributed by atoms with Crippen molar-refractivity contribution >= 4 is 27.5 Å². The highest BCUT2D eigenvalue weighted by Crippen LogP contribution is 2.31. The molecule has 0 aliphatic rings. The minimum Gasteiger partial charge on any atom is -0.136 e. The minimum atomic E-state index is 1.21. The highest BCUT2D eigenvalue weighted by molar-refractivity contribution is 7.20. The van der Waals surface area contributed by atoms with Crippen molar-refractivity contribution in [3.05, 3.63) is 52.9 Å². The van der Waals surface area contributed by atoms with Gasteiger partial charge in [-0.25, -0.2) is 0 Å². The van der Waals surface area contributed by atoms with Crippen molar-refractivity contribution in [2.24, 2.45) is 0 Å². The summed E-state index contributed by atoms with van der Waals surface area (Å²) in [5, 5.41) is 1.37. The number of benzene rings is 1. The van der Waals surface area contributed by atoms with Gasteiger partial charge in [-0.3, -0.25) is 0 Å². The second-order valence-electron chi connectivity index (χ2n) is 3.68. The van der Waals surface area contributed by atoms with Gasteiger partial charge >= 0.3 is 0 Å². The van der Waals surface area contributed by atoms with Gasteiger partial charge < -0.3 is 0 Å². The third-order valence-corrected chi connectivity index (χ3v) is 3.78. The summed E-state index contributed by atoms with van der Waals surface area (Å²) < 4.78 is 1.36. The Bertz CT molecular complexity index is 529. The van der Waals surface area contributed by atoms with Crippen LogP contribution in [-0.4, -0.2) is 0 Å². The zero-order valence-corrected chi connectivity index (χ0v) is 9.90. The summed E-state index contributed by atoms with van der Waals surface area (Å²) in [6, 6.07) is 8.54. The topological polar surface area (TPSA) is 0 Å². The van der Waals surface area contributed by atoms with Crippen molar-refractivity contribution < 1.29 is 0 Å². The molecule has 0 fully saturated rings. The molecule has 0 saturated carbocycles. The first-order valence-electron chi connectivity index (χ1n) is 5.01. The van der Waals surface area contributed by atoms with E-state index >= 15 is 0 Å². The lowest BCUT2D eigenvalue weighted by Crippen LogP contribution is -1.72. The van der Waals surface area contributed by atoms with Crippen molar-refractivity contribution in [3.63, 3.8) is 0 Å². The van der Waals surface area contributed by atoms with Crippen LogP contribution in [0.1, 0.15) is 17.4 Å². The molecular formula is C14H14S. The molecule has 1 heterocycles. The minimum absolute atomic E-state index is 1.21. The summed E-state index contributed by atoms with van der Waals surface area (Å²) >= 11 is 1.84. The smallest absolute Gasteiger partial charge is 0.0351 e. The summed E-state index contributed by atoms with van der Waals surface area (Å²) in [7, 11) is 0. The Morgan fingerprint density at radius 2 is 2.07 bits per heavy atom. The van der Waals surface area contributed by atoms with Crippen molar-refractivity contribution in [2.75, 3.05) is 0 Å². The van der Waals surface area contributed by atoms with Crippen molar-refractivity contribution in [3.8, 4) is 0 Å². The van der Waals surface area contributed by atoms with Gasteiger partial charge in [0.2, 0.25) is 0 Å². The van der Waals surface area contributed by atoms with Gasteiger partial charge in [0.25, 0.3) is 0 Å². The van der Waals surface area contributed by atoms with E-state index in [1.54, 1.807) is 0 Å². The van der Waals surface area contributed by atoms with Gasteiger partial charge in [0.05, 0.1) is 0 Å². The van der Waals surface area contributed by atoms with Crippen LogP contribution in [0.25, 0.3) is 16.2 Å². The van der Waals surface area contributed by atoms with Crippen molar-refractivity contribution in [1.82, 2.24) is 0 Å². The van der Waals surface area contributed by atoms with E-state index in [0.29, 0.717) is 0 Å². The SMILES string of the molecule is C=C/C(C)=C\c1sc2ccccc2c1C. The van der Waals surface area contributed by atoms with Crippen LogP contribution in [0, 0.1) is 6.92 Å².